The van der Waals surface area contributed by atoms with Crippen LogP contribution in [0.4, 0.5) is 16.5 Å². The summed E-state index contributed by atoms with van der Waals surface area (Å²) < 4.78 is 5.77. The quantitative estimate of drug-likeness (QED) is 0.572. The van der Waals surface area contributed by atoms with Gasteiger partial charge in [0.25, 0.3) is 0 Å². The molecule has 0 aliphatic carbocycles. The second-order valence-electron chi connectivity index (χ2n) is 4.41. The number of benzene rings is 2. The molecule has 21 heavy (non-hydrogen) atoms. The lowest BCUT2D eigenvalue weighted by Gasteiger charge is -2.07. The van der Waals surface area contributed by atoms with E-state index in [1.165, 1.54) is 7.11 Å². The minimum absolute atomic E-state index is 0.409. The van der Waals surface area contributed by atoms with E-state index in [1.807, 2.05) is 24.3 Å². The molecular formula is C15H13N3O2S. The van der Waals surface area contributed by atoms with Crippen molar-refractivity contribution in [2.24, 2.45) is 0 Å². The molecule has 0 radical (unpaired) electrons. The number of hydrogen-bond donors (Lipinski definition) is 2. The maximum atomic E-state index is 11.4. The number of aromatic nitrogens is 1. The van der Waals surface area contributed by atoms with Crippen molar-refractivity contribution >= 4 is 44.0 Å². The summed E-state index contributed by atoms with van der Waals surface area (Å²) in [5.74, 6) is -0.409. The minimum atomic E-state index is -0.409. The van der Waals surface area contributed by atoms with Crippen LogP contribution in [0.5, 0.6) is 0 Å². The van der Waals surface area contributed by atoms with Gasteiger partial charge in [-0.25, -0.2) is 9.78 Å². The zero-order chi connectivity index (χ0) is 14.8. The summed E-state index contributed by atoms with van der Waals surface area (Å²) in [5, 5.41) is 3.93. The second kappa shape index (κ2) is 5.41. The fraction of sp³-hybridized carbons (Fsp3) is 0.0667. The molecule has 2 aromatic carbocycles. The number of nitrogens with zero attached hydrogens (tertiary/aromatic N) is 1. The third-order valence-corrected chi connectivity index (χ3v) is 3.96. The monoisotopic (exact) mass is 299 g/mol. The van der Waals surface area contributed by atoms with E-state index in [4.69, 9.17) is 5.73 Å². The summed E-state index contributed by atoms with van der Waals surface area (Å²) >= 11 is 1.55. The van der Waals surface area contributed by atoms with Gasteiger partial charge in [0.15, 0.2) is 5.13 Å². The van der Waals surface area contributed by atoms with Crippen LogP contribution in [0.3, 0.4) is 0 Å². The molecule has 0 saturated carbocycles. The Hall–Kier alpha value is -2.60. The molecule has 1 heterocycles. The van der Waals surface area contributed by atoms with Crippen molar-refractivity contribution in [1.29, 1.82) is 0 Å². The maximum absolute atomic E-state index is 11.4. The van der Waals surface area contributed by atoms with Gasteiger partial charge in [-0.2, -0.15) is 0 Å². The number of ether oxygens (including phenoxy) is 1. The molecule has 3 rings (SSSR count). The Morgan fingerprint density at radius 1 is 1.29 bits per heavy atom. The summed E-state index contributed by atoms with van der Waals surface area (Å²) in [5.41, 5.74) is 8.50. The highest BCUT2D eigenvalue weighted by Crippen LogP contribution is 2.30. The average Bonchev–Trinajstić information content (AvgIpc) is 2.90. The number of carbonyl (C=O) groups is 1. The van der Waals surface area contributed by atoms with Gasteiger partial charge in [0.2, 0.25) is 0 Å². The Balaban J connectivity index is 1.89. The molecule has 3 N–H and O–H groups in total. The van der Waals surface area contributed by atoms with Gasteiger partial charge in [-0.15, -0.1) is 0 Å². The first-order valence-corrected chi connectivity index (χ1v) is 7.09. The van der Waals surface area contributed by atoms with Gasteiger partial charge in [-0.1, -0.05) is 23.5 Å². The summed E-state index contributed by atoms with van der Waals surface area (Å²) in [4.78, 5) is 15.9. The lowest BCUT2D eigenvalue weighted by atomic mass is 10.2. The fourth-order valence-electron chi connectivity index (χ4n) is 1.96. The van der Waals surface area contributed by atoms with E-state index in [1.54, 1.807) is 29.5 Å². The molecule has 3 aromatic rings. The van der Waals surface area contributed by atoms with Crippen molar-refractivity contribution in [3.63, 3.8) is 0 Å². The SMILES string of the molecule is COC(=O)c1ccc(Nc2nc3ccccc3s2)c(N)c1. The Morgan fingerprint density at radius 2 is 2.10 bits per heavy atom. The first-order valence-electron chi connectivity index (χ1n) is 6.28. The summed E-state index contributed by atoms with van der Waals surface area (Å²) in [6, 6.07) is 12.9. The Labute approximate surface area is 125 Å². The van der Waals surface area contributed by atoms with Gasteiger partial charge >= 0.3 is 5.97 Å². The molecule has 0 unspecified atom stereocenters. The van der Waals surface area contributed by atoms with E-state index in [-0.39, 0.29) is 0 Å². The van der Waals surface area contributed by atoms with Crippen molar-refractivity contribution in [2.45, 2.75) is 0 Å². The van der Waals surface area contributed by atoms with E-state index >= 15 is 0 Å². The Morgan fingerprint density at radius 3 is 2.81 bits per heavy atom. The number of thiazole rings is 1. The van der Waals surface area contributed by atoms with Crippen LogP contribution in [0.25, 0.3) is 10.2 Å². The van der Waals surface area contributed by atoms with E-state index in [0.717, 1.165) is 15.3 Å². The molecule has 0 bridgehead atoms. The van der Waals surface area contributed by atoms with Crippen molar-refractivity contribution in [3.05, 3.63) is 48.0 Å². The molecule has 1 aromatic heterocycles. The number of esters is 1. The van der Waals surface area contributed by atoms with Crippen LogP contribution in [0, 0.1) is 0 Å². The topological polar surface area (TPSA) is 77.2 Å². The molecular weight excluding hydrogens is 286 g/mol. The third-order valence-electron chi connectivity index (χ3n) is 3.01. The van der Waals surface area contributed by atoms with E-state index < -0.39 is 5.97 Å². The molecule has 6 heteroatoms. The number of nitrogens with one attached hydrogen (secondary N) is 1. The summed E-state index contributed by atoms with van der Waals surface area (Å²) in [6.45, 7) is 0. The molecule has 0 aliphatic heterocycles. The molecule has 0 amide bonds. The van der Waals surface area contributed by atoms with Gasteiger partial charge in [-0.05, 0) is 30.3 Å². The number of fused-ring (bicyclic) bond motifs is 1. The lowest BCUT2D eigenvalue weighted by molar-refractivity contribution is 0.0601. The smallest absolute Gasteiger partial charge is 0.337 e. The highest BCUT2D eigenvalue weighted by Gasteiger charge is 2.09. The van der Waals surface area contributed by atoms with Gasteiger partial charge in [0.05, 0.1) is 34.3 Å². The Bertz CT molecular complexity index is 781. The maximum Gasteiger partial charge on any atom is 0.337 e. The molecule has 5 nitrogen and oxygen atoms in total. The molecule has 0 saturated heterocycles. The Kier molecular flexibility index (Phi) is 3.45. The summed E-state index contributed by atoms with van der Waals surface area (Å²) in [6.07, 6.45) is 0. The molecule has 0 fully saturated rings. The van der Waals surface area contributed by atoms with Crippen LogP contribution < -0.4 is 11.1 Å². The number of hydrogen-bond acceptors (Lipinski definition) is 6. The number of nitrogen functional groups attached to an aromatic ring is 1. The van der Waals surface area contributed by atoms with Gasteiger partial charge in [0, 0.05) is 0 Å². The van der Waals surface area contributed by atoms with E-state index in [0.29, 0.717) is 16.9 Å². The number of methoxy groups -OCH3 is 1. The highest BCUT2D eigenvalue weighted by molar-refractivity contribution is 7.22. The lowest BCUT2D eigenvalue weighted by Crippen LogP contribution is -2.03. The van der Waals surface area contributed by atoms with Gasteiger partial charge < -0.3 is 15.8 Å². The summed E-state index contributed by atoms with van der Waals surface area (Å²) in [7, 11) is 1.34. The number of para-hydroxylation sites is 1. The van der Waals surface area contributed by atoms with Crippen LogP contribution in [-0.4, -0.2) is 18.1 Å². The second-order valence-corrected chi connectivity index (χ2v) is 5.44. The van der Waals surface area contributed by atoms with Crippen LogP contribution >= 0.6 is 11.3 Å². The highest BCUT2D eigenvalue weighted by atomic mass is 32.1. The first kappa shape index (κ1) is 13.4. The van der Waals surface area contributed by atoms with Crippen LogP contribution in [0.1, 0.15) is 10.4 Å². The van der Waals surface area contributed by atoms with Crippen LogP contribution in [0.15, 0.2) is 42.5 Å². The van der Waals surface area contributed by atoms with E-state index in [9.17, 15) is 4.79 Å². The molecule has 106 valence electrons. The molecule has 0 aliphatic rings. The molecule has 0 spiro atoms. The standard InChI is InChI=1S/C15H13N3O2S/c1-20-14(19)9-6-7-11(10(16)8-9)17-15-18-12-4-2-3-5-13(12)21-15/h2-8H,16H2,1H3,(H,17,18). The normalized spacial score (nSPS) is 10.5. The van der Waals surface area contributed by atoms with Crippen molar-refractivity contribution in [3.8, 4) is 0 Å². The van der Waals surface area contributed by atoms with Crippen molar-refractivity contribution in [2.75, 3.05) is 18.2 Å². The third kappa shape index (κ3) is 2.66. The fourth-order valence-corrected chi connectivity index (χ4v) is 2.84. The zero-order valence-electron chi connectivity index (χ0n) is 11.3. The van der Waals surface area contributed by atoms with E-state index in [2.05, 4.69) is 15.0 Å². The van der Waals surface area contributed by atoms with Crippen molar-refractivity contribution in [1.82, 2.24) is 4.98 Å². The van der Waals surface area contributed by atoms with Crippen molar-refractivity contribution < 1.29 is 9.53 Å². The first-order chi connectivity index (χ1) is 10.2. The zero-order valence-corrected chi connectivity index (χ0v) is 12.1. The predicted molar refractivity (Wildman–Crippen MR) is 85.1 cm³/mol. The number of rotatable bonds is 3. The number of anilines is 3. The number of nitrogens with two attached hydrogens (primary N) is 1. The van der Waals surface area contributed by atoms with Gasteiger partial charge in [-0.3, -0.25) is 0 Å². The van der Waals surface area contributed by atoms with Crippen LogP contribution in [0.2, 0.25) is 0 Å². The molecule has 0 atom stereocenters. The average molecular weight is 299 g/mol. The minimum Gasteiger partial charge on any atom is -0.465 e. The van der Waals surface area contributed by atoms with Crippen LogP contribution in [-0.2, 0) is 4.74 Å². The van der Waals surface area contributed by atoms with Gasteiger partial charge in [0.1, 0.15) is 0 Å². The number of carbonyl (C=O) groups excluding carboxylic acids is 1. The predicted octanol–water partition coefficient (Wildman–Crippen LogP) is 3.41. The largest absolute Gasteiger partial charge is 0.465 e.